The molecule has 0 amide bonds. The Morgan fingerprint density at radius 3 is 2.18 bits per heavy atom. The highest BCUT2D eigenvalue weighted by atomic mass is 32.2. The first-order chi connectivity index (χ1) is 16.0. The molecular weight excluding hydrogens is 436 g/mol. The second-order valence-corrected chi connectivity index (χ2v) is 10.6. The molecule has 6 heteroatoms. The first-order valence-corrected chi connectivity index (χ1v) is 14.4. The zero-order chi connectivity index (χ0) is 24.3. The Balaban J connectivity index is 2.37. The molecule has 33 heavy (non-hydrogen) atoms. The van der Waals surface area contributed by atoms with E-state index in [1.807, 2.05) is 0 Å². The molecule has 1 saturated carbocycles. The SMILES string of the molecule is CCCCCCCCCCCCCC=C1CCC(CC(=O)O)C(O)[C@H]1SCCC(=O)OCC. The molecule has 2 unspecified atom stereocenters. The number of unbranched alkanes of at least 4 members (excludes halogenated alkanes) is 11. The number of aliphatic hydroxyl groups excluding tert-OH is 1. The number of aliphatic carboxylic acids is 1. The highest BCUT2D eigenvalue weighted by Gasteiger charge is 2.36. The second-order valence-electron chi connectivity index (χ2n) is 9.34. The van der Waals surface area contributed by atoms with Gasteiger partial charge in [-0.15, -0.1) is 0 Å². The minimum atomic E-state index is -0.859. The number of hydrogen-bond acceptors (Lipinski definition) is 5. The fourth-order valence-electron chi connectivity index (χ4n) is 4.60. The highest BCUT2D eigenvalue weighted by molar-refractivity contribution is 8.00. The van der Waals surface area contributed by atoms with Gasteiger partial charge in [-0.3, -0.25) is 9.59 Å². The van der Waals surface area contributed by atoms with Crippen molar-refractivity contribution in [3.63, 3.8) is 0 Å². The molecule has 0 aliphatic heterocycles. The normalized spacial score (nSPS) is 21.9. The number of rotatable bonds is 19. The van der Waals surface area contributed by atoms with Crippen LogP contribution in [0.2, 0.25) is 0 Å². The summed E-state index contributed by atoms with van der Waals surface area (Å²) in [4.78, 5) is 22.8. The molecule has 1 rings (SSSR count). The zero-order valence-electron chi connectivity index (χ0n) is 21.1. The number of carboxylic acid groups (broad SMARTS) is 1. The molecule has 3 atom stereocenters. The van der Waals surface area contributed by atoms with E-state index in [0.717, 1.165) is 19.3 Å². The van der Waals surface area contributed by atoms with Crippen LogP contribution in [0, 0.1) is 5.92 Å². The summed E-state index contributed by atoms with van der Waals surface area (Å²) in [7, 11) is 0. The van der Waals surface area contributed by atoms with Crippen LogP contribution in [0.15, 0.2) is 11.6 Å². The molecule has 0 aromatic rings. The predicted octanol–water partition coefficient (Wildman–Crippen LogP) is 6.91. The summed E-state index contributed by atoms with van der Waals surface area (Å²) in [5.74, 6) is -0.718. The third-order valence-corrected chi connectivity index (χ3v) is 7.90. The van der Waals surface area contributed by atoms with Gasteiger partial charge in [0.25, 0.3) is 0 Å². The Bertz CT molecular complexity index is 563. The van der Waals surface area contributed by atoms with Crippen LogP contribution >= 0.6 is 11.8 Å². The van der Waals surface area contributed by atoms with Crippen LogP contribution in [0.5, 0.6) is 0 Å². The largest absolute Gasteiger partial charge is 0.481 e. The first kappa shape index (κ1) is 30.0. The summed E-state index contributed by atoms with van der Waals surface area (Å²) >= 11 is 1.57. The van der Waals surface area contributed by atoms with E-state index in [4.69, 9.17) is 4.74 Å². The third kappa shape index (κ3) is 14.1. The van der Waals surface area contributed by atoms with E-state index in [0.29, 0.717) is 25.2 Å². The predicted molar refractivity (Wildman–Crippen MR) is 138 cm³/mol. The molecule has 1 fully saturated rings. The lowest BCUT2D eigenvalue weighted by Crippen LogP contribution is -2.38. The Kier molecular flexibility index (Phi) is 17.6. The summed E-state index contributed by atoms with van der Waals surface area (Å²) in [6, 6.07) is 0. The minimum Gasteiger partial charge on any atom is -0.481 e. The number of ether oxygens (including phenoxy) is 1. The molecule has 0 saturated heterocycles. The molecule has 0 aromatic carbocycles. The van der Waals surface area contributed by atoms with E-state index in [1.165, 1.54) is 69.8 Å². The molecule has 0 aromatic heterocycles. The van der Waals surface area contributed by atoms with E-state index in [-0.39, 0.29) is 23.6 Å². The van der Waals surface area contributed by atoms with Crippen LogP contribution in [0.25, 0.3) is 0 Å². The first-order valence-electron chi connectivity index (χ1n) is 13.4. The Morgan fingerprint density at radius 1 is 1.00 bits per heavy atom. The van der Waals surface area contributed by atoms with Gasteiger partial charge < -0.3 is 14.9 Å². The number of esters is 1. The van der Waals surface area contributed by atoms with Gasteiger partial charge in [0.2, 0.25) is 0 Å². The van der Waals surface area contributed by atoms with Crippen LogP contribution in [-0.4, -0.2) is 45.9 Å². The third-order valence-electron chi connectivity index (χ3n) is 6.52. The number of thioether (sulfide) groups is 1. The monoisotopic (exact) mass is 484 g/mol. The highest BCUT2D eigenvalue weighted by Crippen LogP contribution is 2.38. The minimum absolute atomic E-state index is 0.00197. The van der Waals surface area contributed by atoms with Crippen molar-refractivity contribution >= 4 is 23.7 Å². The van der Waals surface area contributed by atoms with E-state index < -0.39 is 12.1 Å². The quantitative estimate of drug-likeness (QED) is 0.118. The van der Waals surface area contributed by atoms with E-state index in [1.54, 1.807) is 18.7 Å². The molecule has 1 aliphatic carbocycles. The van der Waals surface area contributed by atoms with Gasteiger partial charge in [0.05, 0.1) is 30.8 Å². The van der Waals surface area contributed by atoms with Gasteiger partial charge >= 0.3 is 11.9 Å². The summed E-state index contributed by atoms with van der Waals surface area (Å²) in [5.41, 5.74) is 1.23. The number of carbonyl (C=O) groups excluding carboxylic acids is 1. The summed E-state index contributed by atoms with van der Waals surface area (Å²) < 4.78 is 5.00. The molecule has 0 heterocycles. The number of allylic oxidation sites excluding steroid dienone is 1. The van der Waals surface area contributed by atoms with Crippen LogP contribution in [0.3, 0.4) is 0 Å². The fraction of sp³-hybridized carbons (Fsp3) is 0.852. The lowest BCUT2D eigenvalue weighted by molar-refractivity contribution is -0.142. The summed E-state index contributed by atoms with van der Waals surface area (Å²) in [6.07, 6.45) is 19.1. The number of aliphatic hydroxyl groups is 1. The van der Waals surface area contributed by atoms with Crippen LogP contribution in [0.1, 0.15) is 117 Å². The summed E-state index contributed by atoms with van der Waals surface area (Å²) in [5, 5.41) is 19.9. The number of carboxylic acids is 1. The van der Waals surface area contributed by atoms with Crippen molar-refractivity contribution in [3.8, 4) is 0 Å². The number of hydrogen-bond donors (Lipinski definition) is 2. The van der Waals surface area contributed by atoms with Crippen molar-refractivity contribution in [1.82, 2.24) is 0 Å². The zero-order valence-corrected chi connectivity index (χ0v) is 21.9. The Labute approximate surface area is 206 Å². The Hall–Kier alpha value is -1.01. The maximum Gasteiger partial charge on any atom is 0.306 e. The van der Waals surface area contributed by atoms with E-state index in [9.17, 15) is 19.8 Å². The van der Waals surface area contributed by atoms with Crippen molar-refractivity contribution in [2.45, 2.75) is 128 Å². The standard InChI is InChI=1S/C27H48O5S/c1-3-5-6-7-8-9-10-11-12-13-14-15-16-22-17-18-23(21-24(28)29)26(31)27(22)33-20-19-25(30)32-4-2/h16,23,26-27,31H,3-15,17-21H2,1-2H3,(H,28,29)/t23?,26?,27-/m0/s1. The maximum atomic E-state index is 11.7. The molecule has 1 aliphatic rings. The van der Waals surface area contributed by atoms with Crippen molar-refractivity contribution in [3.05, 3.63) is 11.6 Å². The molecule has 2 N–H and O–H groups in total. The van der Waals surface area contributed by atoms with Crippen molar-refractivity contribution in [1.29, 1.82) is 0 Å². The fourth-order valence-corrected chi connectivity index (χ4v) is 5.99. The molecular formula is C27H48O5S. The van der Waals surface area contributed by atoms with Crippen LogP contribution in [0.4, 0.5) is 0 Å². The van der Waals surface area contributed by atoms with Gasteiger partial charge in [-0.05, 0) is 38.5 Å². The van der Waals surface area contributed by atoms with Gasteiger partial charge in [0.15, 0.2) is 0 Å². The van der Waals surface area contributed by atoms with E-state index in [2.05, 4.69) is 13.0 Å². The molecule has 192 valence electrons. The van der Waals surface area contributed by atoms with Gasteiger partial charge in [-0.25, -0.2) is 0 Å². The van der Waals surface area contributed by atoms with Crippen LogP contribution in [-0.2, 0) is 14.3 Å². The Morgan fingerprint density at radius 2 is 1.61 bits per heavy atom. The average molecular weight is 485 g/mol. The van der Waals surface area contributed by atoms with Gasteiger partial charge in [0, 0.05) is 5.75 Å². The van der Waals surface area contributed by atoms with Gasteiger partial charge in [-0.1, -0.05) is 82.8 Å². The lowest BCUT2D eigenvalue weighted by atomic mass is 9.80. The molecule has 5 nitrogen and oxygen atoms in total. The average Bonchev–Trinajstić information content (AvgIpc) is 2.78. The topological polar surface area (TPSA) is 83.8 Å². The van der Waals surface area contributed by atoms with Crippen molar-refractivity contribution in [2.75, 3.05) is 12.4 Å². The van der Waals surface area contributed by atoms with Crippen molar-refractivity contribution < 1.29 is 24.5 Å². The summed E-state index contributed by atoms with van der Waals surface area (Å²) in [6.45, 7) is 4.43. The number of carbonyl (C=O) groups is 2. The second kappa shape index (κ2) is 19.3. The van der Waals surface area contributed by atoms with E-state index >= 15 is 0 Å². The van der Waals surface area contributed by atoms with Gasteiger partial charge in [0.1, 0.15) is 0 Å². The molecule has 0 bridgehead atoms. The smallest absolute Gasteiger partial charge is 0.306 e. The molecule has 0 radical (unpaired) electrons. The van der Waals surface area contributed by atoms with Crippen molar-refractivity contribution in [2.24, 2.45) is 5.92 Å². The lowest BCUT2D eigenvalue weighted by Gasteiger charge is -2.36. The van der Waals surface area contributed by atoms with Gasteiger partial charge in [-0.2, -0.15) is 11.8 Å². The molecule has 0 spiro atoms. The maximum absolute atomic E-state index is 11.7. The van der Waals surface area contributed by atoms with Crippen LogP contribution < -0.4 is 0 Å².